The van der Waals surface area contributed by atoms with E-state index in [9.17, 15) is 24.3 Å². The molecule has 16 atom stereocenters. The molecule has 0 aromatic heterocycles. The van der Waals surface area contributed by atoms with Gasteiger partial charge in [0.25, 0.3) is 0 Å². The van der Waals surface area contributed by atoms with Crippen molar-refractivity contribution in [3.05, 3.63) is 23.3 Å². The number of carbonyl (C=O) groups is 4. The van der Waals surface area contributed by atoms with Gasteiger partial charge in [0.05, 0.1) is 31.8 Å². The number of carboxylic acid groups (broad SMARTS) is 1. The van der Waals surface area contributed by atoms with Crippen LogP contribution in [0.25, 0.3) is 0 Å². The van der Waals surface area contributed by atoms with E-state index in [-0.39, 0.29) is 49.3 Å². The highest BCUT2D eigenvalue weighted by atomic mass is 16.6. The molecule has 0 amide bonds. The minimum atomic E-state index is -0.942. The molecule has 0 spiro atoms. The van der Waals surface area contributed by atoms with Crippen LogP contribution >= 0.6 is 0 Å². The van der Waals surface area contributed by atoms with Crippen molar-refractivity contribution in [2.45, 2.75) is 248 Å². The first-order chi connectivity index (χ1) is 33.1. The molecule has 1 aliphatic heterocycles. The van der Waals surface area contributed by atoms with Crippen molar-refractivity contribution in [1.29, 1.82) is 0 Å². The largest absolute Gasteiger partial charge is 0.481 e. The lowest BCUT2D eigenvalue weighted by atomic mass is 9.47. The molecule has 7 fully saturated rings. The molecule has 0 aromatic carbocycles. The molecular formula is C62H100O8. The summed E-state index contributed by atoms with van der Waals surface area (Å²) in [6.45, 7) is 25.0. The number of ether oxygens (including phenoxy) is 2. The first-order valence-corrected chi connectivity index (χ1v) is 29.3. The predicted octanol–water partition coefficient (Wildman–Crippen LogP) is 15.0. The van der Waals surface area contributed by atoms with E-state index in [1.165, 1.54) is 115 Å². The first-order valence-electron chi connectivity index (χ1n) is 29.3. The van der Waals surface area contributed by atoms with Gasteiger partial charge in [-0.3, -0.25) is 19.2 Å². The molecule has 9 rings (SSSR count). The second-order valence-electron chi connectivity index (χ2n) is 27.1. The number of esters is 3. The summed E-state index contributed by atoms with van der Waals surface area (Å²) in [5.41, 5.74) is 4.87. The molecule has 6 saturated carbocycles. The number of carbonyl (C=O) groups excluding carboxylic acids is 3. The fraction of sp³-hybridized carbons (Fsp3) is 0.871. The van der Waals surface area contributed by atoms with Crippen molar-refractivity contribution in [3.63, 3.8) is 0 Å². The molecule has 1 saturated heterocycles. The summed E-state index contributed by atoms with van der Waals surface area (Å²) in [6, 6.07) is 0. The Morgan fingerprint density at radius 3 is 1.53 bits per heavy atom. The molecule has 9 aliphatic rings. The number of cyclic esters (lactones) is 2. The molecule has 0 radical (unpaired) electrons. The van der Waals surface area contributed by atoms with Gasteiger partial charge in [-0.15, -0.1) is 0 Å². The zero-order valence-electron chi connectivity index (χ0n) is 46.0. The van der Waals surface area contributed by atoms with Crippen LogP contribution in [0.15, 0.2) is 23.3 Å². The second kappa shape index (κ2) is 23.0. The number of fused-ring (bicyclic) bond motifs is 10. The van der Waals surface area contributed by atoms with Crippen LogP contribution in [0.1, 0.15) is 236 Å². The van der Waals surface area contributed by atoms with E-state index < -0.39 is 17.9 Å². The lowest BCUT2D eigenvalue weighted by Gasteiger charge is -2.58. The third-order valence-corrected chi connectivity index (χ3v) is 22.1. The van der Waals surface area contributed by atoms with Gasteiger partial charge < -0.3 is 19.7 Å². The summed E-state index contributed by atoms with van der Waals surface area (Å²) < 4.78 is 9.78. The second-order valence-corrected chi connectivity index (χ2v) is 27.1. The summed E-state index contributed by atoms with van der Waals surface area (Å²) in [4.78, 5) is 42.9. The van der Waals surface area contributed by atoms with Gasteiger partial charge in [0.2, 0.25) is 0 Å². The molecule has 1 heterocycles. The topological polar surface area (TPSA) is 127 Å². The van der Waals surface area contributed by atoms with Gasteiger partial charge in [-0.1, -0.05) is 131 Å². The Morgan fingerprint density at radius 2 is 1.09 bits per heavy atom. The maximum absolute atomic E-state index is 12.1. The quantitative estimate of drug-likeness (QED) is 0.100. The molecular weight excluding hydrogens is 873 g/mol. The van der Waals surface area contributed by atoms with E-state index in [0.717, 1.165) is 103 Å². The van der Waals surface area contributed by atoms with Gasteiger partial charge in [0.1, 0.15) is 6.10 Å². The van der Waals surface area contributed by atoms with E-state index in [0.29, 0.717) is 16.2 Å². The summed E-state index contributed by atoms with van der Waals surface area (Å²) >= 11 is 0. The van der Waals surface area contributed by atoms with Gasteiger partial charge in [-0.05, 0) is 189 Å². The average molecular weight is 973 g/mol. The minimum absolute atomic E-state index is 0.0236. The number of aliphatic carboxylic acids is 1. The van der Waals surface area contributed by atoms with Crippen LogP contribution in [0, 0.1) is 92.7 Å². The van der Waals surface area contributed by atoms with Gasteiger partial charge in [-0.25, -0.2) is 0 Å². The molecule has 70 heavy (non-hydrogen) atoms. The Bertz CT molecular complexity index is 1880. The van der Waals surface area contributed by atoms with Crippen LogP contribution in [-0.2, 0) is 28.7 Å². The highest BCUT2D eigenvalue weighted by molar-refractivity contribution is 5.92. The Labute approximate surface area is 425 Å². The van der Waals surface area contributed by atoms with Crippen LogP contribution < -0.4 is 0 Å². The normalized spacial score (nSPS) is 40.2. The summed E-state index contributed by atoms with van der Waals surface area (Å²) in [5, 5.41) is 19.0. The highest BCUT2D eigenvalue weighted by Gasteiger charge is 2.61. The molecule has 8 aliphatic carbocycles. The molecule has 8 heteroatoms. The van der Waals surface area contributed by atoms with Crippen molar-refractivity contribution < 1.29 is 38.9 Å². The Morgan fingerprint density at radius 1 is 0.614 bits per heavy atom. The van der Waals surface area contributed by atoms with Crippen molar-refractivity contribution in [2.24, 2.45) is 92.7 Å². The van der Waals surface area contributed by atoms with E-state index in [2.05, 4.69) is 86.1 Å². The summed E-state index contributed by atoms with van der Waals surface area (Å²) in [6.07, 6.45) is 33.7. The zero-order chi connectivity index (χ0) is 50.8. The number of aliphatic hydroxyl groups is 1. The Hall–Kier alpha value is -2.48. The van der Waals surface area contributed by atoms with E-state index in [1.807, 2.05) is 0 Å². The molecule has 396 valence electrons. The van der Waals surface area contributed by atoms with E-state index in [4.69, 9.17) is 9.84 Å². The van der Waals surface area contributed by atoms with Crippen molar-refractivity contribution >= 4 is 23.9 Å². The minimum Gasteiger partial charge on any atom is -0.481 e. The highest BCUT2D eigenvalue weighted by Crippen LogP contribution is 2.69. The third-order valence-electron chi connectivity index (χ3n) is 22.1. The first kappa shape index (κ1) is 55.3. The summed E-state index contributed by atoms with van der Waals surface area (Å²) in [7, 11) is 0. The lowest BCUT2D eigenvalue weighted by Crippen LogP contribution is -2.51. The molecule has 8 nitrogen and oxygen atoms in total. The lowest BCUT2D eigenvalue weighted by molar-refractivity contribution is -0.154. The average Bonchev–Trinajstić information content (AvgIpc) is 3.98. The number of rotatable bonds is 14. The molecule has 2 N–H and O–H groups in total. The van der Waals surface area contributed by atoms with Gasteiger partial charge in [0, 0.05) is 6.42 Å². The van der Waals surface area contributed by atoms with E-state index >= 15 is 0 Å². The van der Waals surface area contributed by atoms with Crippen molar-refractivity contribution in [2.75, 3.05) is 0 Å². The fourth-order valence-electron chi connectivity index (χ4n) is 18.3. The van der Waals surface area contributed by atoms with E-state index in [1.54, 1.807) is 5.57 Å². The van der Waals surface area contributed by atoms with Crippen LogP contribution in [0.3, 0.4) is 0 Å². The zero-order valence-corrected chi connectivity index (χ0v) is 46.0. The smallest absolute Gasteiger partial charge is 0.314 e. The third kappa shape index (κ3) is 11.9. The van der Waals surface area contributed by atoms with Crippen LogP contribution in [0.2, 0.25) is 0 Å². The van der Waals surface area contributed by atoms with Crippen molar-refractivity contribution in [1.82, 2.24) is 0 Å². The van der Waals surface area contributed by atoms with Gasteiger partial charge in [-0.2, -0.15) is 0 Å². The summed E-state index contributed by atoms with van der Waals surface area (Å²) in [5.74, 6) is 8.34. The Balaban J connectivity index is 0.000000184. The number of hydrogen-bond acceptors (Lipinski definition) is 7. The van der Waals surface area contributed by atoms with Gasteiger partial charge in [0.15, 0.2) is 0 Å². The predicted molar refractivity (Wildman–Crippen MR) is 279 cm³/mol. The monoisotopic (exact) mass is 973 g/mol. The fourth-order valence-corrected chi connectivity index (χ4v) is 18.3. The Kier molecular flexibility index (Phi) is 18.1. The van der Waals surface area contributed by atoms with Crippen LogP contribution in [0.5, 0.6) is 0 Å². The van der Waals surface area contributed by atoms with Crippen LogP contribution in [-0.4, -0.2) is 46.3 Å². The standard InChI is InChI=1S/C31H50O4.C27H46O.C4H4O3/c1-20(2)7-6-8-21(3)25-11-12-26-24-10-9-22-19-23(35-29(34)14-13-28(32)33)15-17-30(22,4)27(24)16-18-31(25,26)5;1-18(2)7-6-8-19(3)23-11-12-24-22-10-9-20-17-21(28)13-15-26(20,4)25(22)14-16-27(23,24)5;5-3-1-2-4(6)7-3/h9,20-21,23-27H,6-8,10-19H2,1-5H3,(H,32,33);9,18-19,21-25,28H,6-8,10-17H2,1-5H3;1-2H2. The molecule has 0 aromatic rings. The number of allylic oxidation sites excluding steroid dienone is 2. The molecule has 16 unspecified atom stereocenters. The maximum atomic E-state index is 12.1. The number of carboxylic acids is 1. The maximum Gasteiger partial charge on any atom is 0.314 e. The number of hydrogen-bond donors (Lipinski definition) is 2. The van der Waals surface area contributed by atoms with Crippen molar-refractivity contribution in [3.8, 4) is 0 Å². The van der Waals surface area contributed by atoms with Gasteiger partial charge >= 0.3 is 23.9 Å². The number of aliphatic hydroxyl groups excluding tert-OH is 1. The SMILES string of the molecule is CC(C)CCCC(C)C1CCC2C3CC=C4CC(O)CCC4(C)C3CCC12C.CC(C)CCCC(C)C1CCC2C3CC=C4CC(OC(=O)CCC(=O)O)CCC4(C)C3CCC12C.O=C1CCC(=O)O1. The molecule has 0 bridgehead atoms. The van der Waals surface area contributed by atoms with Crippen LogP contribution in [0.4, 0.5) is 0 Å².